The second-order valence-electron chi connectivity index (χ2n) is 8.39. The van der Waals surface area contributed by atoms with Crippen molar-refractivity contribution in [2.24, 2.45) is 11.8 Å². The molecular formula is C21H26FN3O4. The van der Waals surface area contributed by atoms with Crippen LogP contribution in [-0.2, 0) is 9.59 Å². The van der Waals surface area contributed by atoms with Gasteiger partial charge >= 0.3 is 6.03 Å². The molecule has 2 aliphatic heterocycles. The summed E-state index contributed by atoms with van der Waals surface area (Å²) < 4.78 is 19.3. The van der Waals surface area contributed by atoms with Crippen LogP contribution in [0.5, 0.6) is 5.75 Å². The Morgan fingerprint density at radius 3 is 2.76 bits per heavy atom. The number of benzene rings is 1. The molecule has 2 atom stereocenters. The van der Waals surface area contributed by atoms with E-state index in [1.54, 1.807) is 30.0 Å². The molecule has 4 amide bonds. The van der Waals surface area contributed by atoms with Crippen LogP contribution in [0, 0.1) is 17.7 Å². The molecule has 29 heavy (non-hydrogen) atoms. The molecule has 2 saturated heterocycles. The number of hydrogen-bond donors (Lipinski definition) is 1. The number of nitrogens with zero attached hydrogens (tertiary/aromatic N) is 2. The summed E-state index contributed by atoms with van der Waals surface area (Å²) in [5.41, 5.74) is -0.880. The summed E-state index contributed by atoms with van der Waals surface area (Å²) in [6, 6.07) is 5.75. The summed E-state index contributed by atoms with van der Waals surface area (Å²) in [4.78, 5) is 40.5. The van der Waals surface area contributed by atoms with Gasteiger partial charge < -0.3 is 15.0 Å². The van der Waals surface area contributed by atoms with Gasteiger partial charge in [-0.3, -0.25) is 14.5 Å². The largest absolute Gasteiger partial charge is 0.490 e. The molecular weight excluding hydrogens is 377 g/mol. The fourth-order valence-corrected chi connectivity index (χ4v) is 4.23. The van der Waals surface area contributed by atoms with E-state index in [0.717, 1.165) is 30.6 Å². The highest BCUT2D eigenvalue weighted by Crippen LogP contribution is 2.42. The lowest BCUT2D eigenvalue weighted by Crippen LogP contribution is -2.49. The smallest absolute Gasteiger partial charge is 0.325 e. The minimum Gasteiger partial charge on any atom is -0.490 e. The van der Waals surface area contributed by atoms with Gasteiger partial charge in [0.05, 0.1) is 6.61 Å². The van der Waals surface area contributed by atoms with Crippen molar-refractivity contribution >= 4 is 17.8 Å². The standard InChI is InChI=1S/C21H26FN3O4/c1-21(15-8-9-15)19(27)25(20(28)23-21)12-18(26)24-10-4-5-14(11-24)13-29-17-7-3-2-6-16(17)22/h2-3,6-7,14-15H,4-5,8-13H2,1H3,(H,23,28)/t14-,21-/m1/s1. The van der Waals surface area contributed by atoms with E-state index in [4.69, 9.17) is 4.74 Å². The summed E-state index contributed by atoms with van der Waals surface area (Å²) in [7, 11) is 0. The molecule has 4 rings (SSSR count). The Hall–Kier alpha value is -2.64. The molecule has 1 N–H and O–H groups in total. The van der Waals surface area contributed by atoms with Gasteiger partial charge in [-0.05, 0) is 50.7 Å². The van der Waals surface area contributed by atoms with Crippen molar-refractivity contribution in [2.75, 3.05) is 26.2 Å². The number of carbonyl (C=O) groups excluding carboxylic acids is 3. The Kier molecular flexibility index (Phi) is 5.19. The number of rotatable bonds is 6. The number of piperidine rings is 1. The van der Waals surface area contributed by atoms with Gasteiger partial charge in [0.2, 0.25) is 5.91 Å². The van der Waals surface area contributed by atoms with Crippen molar-refractivity contribution in [3.63, 3.8) is 0 Å². The third kappa shape index (κ3) is 3.93. The normalized spacial score (nSPS) is 27.2. The molecule has 8 heteroatoms. The number of carbonyl (C=O) groups is 3. The predicted molar refractivity (Wildman–Crippen MR) is 103 cm³/mol. The third-order valence-corrected chi connectivity index (χ3v) is 6.17. The maximum atomic E-state index is 13.7. The van der Waals surface area contributed by atoms with Gasteiger partial charge in [-0.2, -0.15) is 0 Å². The fourth-order valence-electron chi connectivity index (χ4n) is 4.23. The molecule has 2 heterocycles. The molecule has 3 fully saturated rings. The molecule has 0 bridgehead atoms. The number of amides is 4. The highest BCUT2D eigenvalue weighted by molar-refractivity contribution is 6.09. The van der Waals surface area contributed by atoms with Gasteiger partial charge in [0.25, 0.3) is 5.91 Å². The fraction of sp³-hybridized carbons (Fsp3) is 0.571. The van der Waals surface area contributed by atoms with Gasteiger partial charge in [-0.25, -0.2) is 9.18 Å². The number of likely N-dealkylation sites (tertiary alicyclic amines) is 1. The minimum absolute atomic E-state index is 0.0761. The summed E-state index contributed by atoms with van der Waals surface area (Å²) >= 11 is 0. The summed E-state index contributed by atoms with van der Waals surface area (Å²) in [6.45, 7) is 2.86. The van der Waals surface area contributed by atoms with Crippen LogP contribution in [0.3, 0.4) is 0 Å². The lowest BCUT2D eigenvalue weighted by atomic mass is 9.96. The Bertz CT molecular complexity index is 828. The van der Waals surface area contributed by atoms with Crippen LogP contribution >= 0.6 is 0 Å². The van der Waals surface area contributed by atoms with E-state index in [1.165, 1.54) is 6.07 Å². The van der Waals surface area contributed by atoms with Gasteiger partial charge in [0.1, 0.15) is 12.1 Å². The van der Waals surface area contributed by atoms with Crippen molar-refractivity contribution in [1.82, 2.24) is 15.1 Å². The molecule has 1 aromatic rings. The lowest BCUT2D eigenvalue weighted by Gasteiger charge is -2.33. The third-order valence-electron chi connectivity index (χ3n) is 6.17. The maximum absolute atomic E-state index is 13.7. The first-order chi connectivity index (χ1) is 13.9. The Morgan fingerprint density at radius 2 is 2.03 bits per heavy atom. The second-order valence-corrected chi connectivity index (χ2v) is 8.39. The molecule has 0 radical (unpaired) electrons. The van der Waals surface area contributed by atoms with Gasteiger partial charge in [0, 0.05) is 19.0 Å². The molecule has 1 aromatic carbocycles. The number of nitrogens with one attached hydrogen (secondary N) is 1. The number of halogens is 1. The number of urea groups is 1. The molecule has 3 aliphatic rings. The van der Waals surface area contributed by atoms with E-state index in [0.29, 0.717) is 19.7 Å². The van der Waals surface area contributed by atoms with Gasteiger partial charge in [-0.1, -0.05) is 12.1 Å². The summed E-state index contributed by atoms with van der Waals surface area (Å²) in [5, 5.41) is 2.76. The lowest BCUT2D eigenvalue weighted by molar-refractivity contribution is -0.140. The minimum atomic E-state index is -0.880. The monoisotopic (exact) mass is 403 g/mol. The van der Waals surface area contributed by atoms with Crippen molar-refractivity contribution < 1.29 is 23.5 Å². The zero-order valence-corrected chi connectivity index (χ0v) is 16.5. The number of para-hydroxylation sites is 1. The molecule has 1 saturated carbocycles. The molecule has 0 unspecified atom stereocenters. The average molecular weight is 403 g/mol. The first-order valence-corrected chi connectivity index (χ1v) is 10.2. The van der Waals surface area contributed by atoms with E-state index in [1.807, 2.05) is 0 Å². The van der Waals surface area contributed by atoms with Crippen molar-refractivity contribution in [3.05, 3.63) is 30.1 Å². The van der Waals surface area contributed by atoms with E-state index in [-0.39, 0.29) is 35.9 Å². The molecule has 1 aliphatic carbocycles. The molecule has 0 spiro atoms. The van der Waals surface area contributed by atoms with E-state index in [2.05, 4.69) is 5.32 Å². The van der Waals surface area contributed by atoms with Crippen LogP contribution in [0.1, 0.15) is 32.6 Å². The topological polar surface area (TPSA) is 79.0 Å². The molecule has 0 aromatic heterocycles. The van der Waals surface area contributed by atoms with Crippen LogP contribution in [0.25, 0.3) is 0 Å². The van der Waals surface area contributed by atoms with Crippen molar-refractivity contribution in [3.8, 4) is 5.75 Å². The zero-order valence-electron chi connectivity index (χ0n) is 16.5. The highest BCUT2D eigenvalue weighted by atomic mass is 19.1. The second kappa shape index (κ2) is 7.65. The molecule has 156 valence electrons. The Labute approximate surface area is 169 Å². The summed E-state index contributed by atoms with van der Waals surface area (Å²) in [6.07, 6.45) is 3.51. The first kappa shape index (κ1) is 19.7. The van der Waals surface area contributed by atoms with Gasteiger partial charge in [-0.15, -0.1) is 0 Å². The van der Waals surface area contributed by atoms with Crippen LogP contribution in [0.4, 0.5) is 9.18 Å². The number of ether oxygens (including phenoxy) is 1. The molecule has 7 nitrogen and oxygen atoms in total. The van der Waals surface area contributed by atoms with Crippen molar-refractivity contribution in [2.45, 2.75) is 38.1 Å². The van der Waals surface area contributed by atoms with E-state index < -0.39 is 17.4 Å². The van der Waals surface area contributed by atoms with E-state index in [9.17, 15) is 18.8 Å². The average Bonchev–Trinajstić information content (AvgIpc) is 3.53. The Balaban J connectivity index is 1.32. The first-order valence-electron chi connectivity index (χ1n) is 10.2. The number of imide groups is 1. The maximum Gasteiger partial charge on any atom is 0.325 e. The Morgan fingerprint density at radius 1 is 1.28 bits per heavy atom. The van der Waals surface area contributed by atoms with Gasteiger partial charge in [0.15, 0.2) is 11.6 Å². The zero-order chi connectivity index (χ0) is 20.6. The SMILES string of the molecule is C[C@]1(C2CC2)NC(=O)N(CC(=O)N2CCC[C@@H](COc3ccccc3F)C2)C1=O. The van der Waals surface area contributed by atoms with Crippen LogP contribution in [-0.4, -0.2) is 59.4 Å². The highest BCUT2D eigenvalue weighted by Gasteiger charge is 2.56. The van der Waals surface area contributed by atoms with Crippen molar-refractivity contribution in [1.29, 1.82) is 0 Å². The number of hydrogen-bond acceptors (Lipinski definition) is 4. The van der Waals surface area contributed by atoms with Crippen LogP contribution in [0.15, 0.2) is 24.3 Å². The predicted octanol–water partition coefficient (Wildman–Crippen LogP) is 2.16. The van der Waals surface area contributed by atoms with Crippen LogP contribution in [0.2, 0.25) is 0 Å². The summed E-state index contributed by atoms with van der Waals surface area (Å²) in [5.74, 6) is -0.525. The quantitative estimate of drug-likeness (QED) is 0.739. The van der Waals surface area contributed by atoms with E-state index >= 15 is 0 Å². The van der Waals surface area contributed by atoms with Crippen LogP contribution < -0.4 is 10.1 Å².